The maximum Gasteiger partial charge on any atom is 0.270 e. The highest BCUT2D eigenvalue weighted by Crippen LogP contribution is 2.10. The Morgan fingerprint density at radius 1 is 1.15 bits per heavy atom. The van der Waals surface area contributed by atoms with E-state index < -0.39 is 10.0 Å². The van der Waals surface area contributed by atoms with E-state index >= 15 is 0 Å². The molecular weight excluding hydrogens is 368 g/mol. The molecule has 1 amide bonds. The Balaban J connectivity index is 1.86. The molecule has 2 rings (SSSR count). The molecule has 0 saturated heterocycles. The number of sulfonamides is 1. The van der Waals surface area contributed by atoms with Crippen LogP contribution in [0.5, 0.6) is 0 Å². The van der Waals surface area contributed by atoms with E-state index in [-0.39, 0.29) is 10.8 Å². The molecule has 1 heterocycles. The Hall–Kier alpha value is -2.56. The van der Waals surface area contributed by atoms with Crippen LogP contribution < -0.4 is 15.8 Å². The van der Waals surface area contributed by atoms with E-state index in [0.29, 0.717) is 31.0 Å². The molecule has 0 fully saturated rings. The zero-order chi connectivity index (χ0) is 19.9. The Kier molecular flexibility index (Phi) is 7.22. The van der Waals surface area contributed by atoms with Crippen LogP contribution in [0, 0.1) is 0 Å². The first-order valence-corrected chi connectivity index (χ1v) is 9.91. The summed E-state index contributed by atoms with van der Waals surface area (Å²) in [5.74, 6) is 0.296. The molecule has 2 aromatic rings. The molecule has 1 aromatic heterocycles. The van der Waals surface area contributed by atoms with Crippen molar-refractivity contribution in [2.75, 3.05) is 39.0 Å². The number of carbonyl (C=O) groups excluding carboxylic acids is 1. The highest BCUT2D eigenvalue weighted by molar-refractivity contribution is 7.89. The third kappa shape index (κ3) is 6.93. The van der Waals surface area contributed by atoms with Crippen LogP contribution in [-0.2, 0) is 16.4 Å². The summed E-state index contributed by atoms with van der Waals surface area (Å²) in [5.41, 5.74) is 1.24. The number of aromatic nitrogens is 2. The smallest absolute Gasteiger partial charge is 0.270 e. The average molecular weight is 392 g/mol. The molecule has 0 aliphatic rings. The molecule has 9 nitrogen and oxygen atoms in total. The van der Waals surface area contributed by atoms with Gasteiger partial charge in [-0.2, -0.15) is 0 Å². The average Bonchev–Trinajstić information content (AvgIpc) is 2.61. The van der Waals surface area contributed by atoms with Gasteiger partial charge in [-0.05, 0) is 38.2 Å². The molecule has 0 aliphatic carbocycles. The van der Waals surface area contributed by atoms with Gasteiger partial charge in [0.1, 0.15) is 17.8 Å². The molecule has 0 unspecified atom stereocenters. The van der Waals surface area contributed by atoms with Crippen LogP contribution >= 0.6 is 0 Å². The second-order valence-corrected chi connectivity index (χ2v) is 7.77. The van der Waals surface area contributed by atoms with Crippen LogP contribution in [0.3, 0.4) is 0 Å². The molecule has 1 aromatic carbocycles. The van der Waals surface area contributed by atoms with E-state index in [4.69, 9.17) is 5.14 Å². The number of carbonyl (C=O) groups is 1. The number of nitrogens with zero attached hydrogens (tertiary/aromatic N) is 3. The number of anilines is 1. The van der Waals surface area contributed by atoms with E-state index in [0.717, 1.165) is 12.1 Å². The number of nitrogens with two attached hydrogens (primary N) is 1. The van der Waals surface area contributed by atoms with E-state index in [1.807, 2.05) is 19.0 Å². The highest BCUT2D eigenvalue weighted by Gasteiger charge is 2.09. The van der Waals surface area contributed by atoms with Crippen molar-refractivity contribution in [3.8, 4) is 0 Å². The maximum absolute atomic E-state index is 12.1. The van der Waals surface area contributed by atoms with Gasteiger partial charge in [0.05, 0.1) is 4.90 Å². The summed E-state index contributed by atoms with van der Waals surface area (Å²) in [4.78, 5) is 22.2. The summed E-state index contributed by atoms with van der Waals surface area (Å²) in [6.45, 7) is 1.84. The monoisotopic (exact) mass is 392 g/mol. The van der Waals surface area contributed by atoms with Crippen molar-refractivity contribution in [3.63, 3.8) is 0 Å². The fourth-order valence-corrected chi connectivity index (χ4v) is 2.76. The number of nitrogens with one attached hydrogen (secondary N) is 2. The fourth-order valence-electron chi connectivity index (χ4n) is 2.24. The van der Waals surface area contributed by atoms with Gasteiger partial charge in [-0.25, -0.2) is 23.5 Å². The summed E-state index contributed by atoms with van der Waals surface area (Å²) >= 11 is 0. The minimum atomic E-state index is -3.68. The lowest BCUT2D eigenvalue weighted by Crippen LogP contribution is -2.31. The third-order valence-corrected chi connectivity index (χ3v) is 4.65. The summed E-state index contributed by atoms with van der Waals surface area (Å²) in [6, 6.07) is 7.97. The van der Waals surface area contributed by atoms with Crippen molar-refractivity contribution in [2.45, 2.75) is 11.3 Å². The second kappa shape index (κ2) is 9.40. The first-order valence-electron chi connectivity index (χ1n) is 8.36. The van der Waals surface area contributed by atoms with Gasteiger partial charge in [0.15, 0.2) is 0 Å². The van der Waals surface area contributed by atoms with Crippen molar-refractivity contribution >= 4 is 21.7 Å². The molecule has 0 atom stereocenters. The topological polar surface area (TPSA) is 130 Å². The van der Waals surface area contributed by atoms with Gasteiger partial charge in [-0.3, -0.25) is 4.79 Å². The molecule has 0 spiro atoms. The van der Waals surface area contributed by atoms with Crippen molar-refractivity contribution in [1.82, 2.24) is 20.2 Å². The molecule has 27 heavy (non-hydrogen) atoms. The van der Waals surface area contributed by atoms with E-state index in [1.54, 1.807) is 18.2 Å². The molecule has 0 bridgehead atoms. The van der Waals surface area contributed by atoms with Gasteiger partial charge in [-0.1, -0.05) is 12.1 Å². The first kappa shape index (κ1) is 20.7. The number of benzene rings is 1. The van der Waals surface area contributed by atoms with Gasteiger partial charge in [0, 0.05) is 25.7 Å². The van der Waals surface area contributed by atoms with Crippen LogP contribution in [0.1, 0.15) is 16.1 Å². The van der Waals surface area contributed by atoms with E-state index in [2.05, 4.69) is 20.6 Å². The summed E-state index contributed by atoms with van der Waals surface area (Å²) in [6.07, 6.45) is 1.99. The van der Waals surface area contributed by atoms with Crippen molar-refractivity contribution in [2.24, 2.45) is 5.14 Å². The molecule has 0 saturated carbocycles. The quantitative estimate of drug-likeness (QED) is 0.550. The molecule has 4 N–H and O–H groups in total. The zero-order valence-electron chi connectivity index (χ0n) is 15.3. The van der Waals surface area contributed by atoms with Crippen LogP contribution in [0.2, 0.25) is 0 Å². The lowest BCUT2D eigenvalue weighted by molar-refractivity contribution is 0.0946. The number of likely N-dealkylation sites (N-methyl/N-ethyl adjacent to an activating group) is 1. The molecule has 0 aliphatic heterocycles. The molecular formula is C17H24N6O3S. The normalized spacial score (nSPS) is 11.4. The van der Waals surface area contributed by atoms with Crippen molar-refractivity contribution in [3.05, 3.63) is 47.9 Å². The Labute approximate surface area is 159 Å². The lowest BCUT2D eigenvalue weighted by Gasteiger charge is -2.10. The van der Waals surface area contributed by atoms with Gasteiger partial charge < -0.3 is 15.5 Å². The predicted octanol–water partition coefficient (Wildman–Crippen LogP) is 0.0700. The van der Waals surface area contributed by atoms with E-state index in [1.165, 1.54) is 18.5 Å². The predicted molar refractivity (Wildman–Crippen MR) is 103 cm³/mol. The van der Waals surface area contributed by atoms with Crippen LogP contribution in [0.15, 0.2) is 41.6 Å². The summed E-state index contributed by atoms with van der Waals surface area (Å²) in [7, 11) is 0.183. The summed E-state index contributed by atoms with van der Waals surface area (Å²) < 4.78 is 22.5. The Bertz CT molecular complexity index is 868. The van der Waals surface area contributed by atoms with E-state index in [9.17, 15) is 13.2 Å². The van der Waals surface area contributed by atoms with Crippen LogP contribution in [0.4, 0.5) is 5.82 Å². The van der Waals surface area contributed by atoms with Gasteiger partial charge >= 0.3 is 0 Å². The second-order valence-electron chi connectivity index (χ2n) is 6.21. The van der Waals surface area contributed by atoms with Crippen LogP contribution in [-0.4, -0.2) is 62.9 Å². The number of rotatable bonds is 9. The molecule has 146 valence electrons. The zero-order valence-corrected chi connectivity index (χ0v) is 16.2. The summed E-state index contributed by atoms with van der Waals surface area (Å²) in [5, 5.41) is 11.0. The standard InChI is InChI=1S/C17H24N6O3S/c1-23(2)10-9-20-17(24)15-11-16(22-12-21-15)19-8-7-13-3-5-14(6-4-13)27(18,25)26/h3-6,11-12H,7-10H2,1-2H3,(H,20,24)(H2,18,25,26)(H,19,21,22). The molecule has 0 radical (unpaired) electrons. The van der Waals surface area contributed by atoms with Gasteiger partial charge in [-0.15, -0.1) is 0 Å². The number of primary sulfonamides is 1. The lowest BCUT2D eigenvalue weighted by atomic mass is 10.1. The minimum absolute atomic E-state index is 0.0833. The Morgan fingerprint density at radius 2 is 1.85 bits per heavy atom. The molecule has 10 heteroatoms. The Morgan fingerprint density at radius 3 is 2.48 bits per heavy atom. The number of hydrogen-bond acceptors (Lipinski definition) is 7. The van der Waals surface area contributed by atoms with Crippen LogP contribution in [0.25, 0.3) is 0 Å². The van der Waals surface area contributed by atoms with Gasteiger partial charge in [0.25, 0.3) is 5.91 Å². The largest absolute Gasteiger partial charge is 0.370 e. The minimum Gasteiger partial charge on any atom is -0.370 e. The highest BCUT2D eigenvalue weighted by atomic mass is 32.2. The number of hydrogen-bond donors (Lipinski definition) is 3. The fraction of sp³-hybridized carbons (Fsp3) is 0.353. The first-order chi connectivity index (χ1) is 12.8. The SMILES string of the molecule is CN(C)CCNC(=O)c1cc(NCCc2ccc(S(N)(=O)=O)cc2)ncn1. The van der Waals surface area contributed by atoms with Crippen molar-refractivity contribution < 1.29 is 13.2 Å². The van der Waals surface area contributed by atoms with Gasteiger partial charge in [0.2, 0.25) is 10.0 Å². The van der Waals surface area contributed by atoms with Crippen molar-refractivity contribution in [1.29, 1.82) is 0 Å². The maximum atomic E-state index is 12.1. The number of amides is 1. The third-order valence-electron chi connectivity index (χ3n) is 3.72.